The van der Waals surface area contributed by atoms with Crippen LogP contribution in [0.3, 0.4) is 0 Å². The molecule has 0 atom stereocenters. The Kier molecular flexibility index (Phi) is 5.73. The maximum Gasteiger partial charge on any atom is 0.321 e. The molecule has 0 unspecified atom stereocenters. The van der Waals surface area contributed by atoms with Gasteiger partial charge in [-0.3, -0.25) is 4.68 Å². The van der Waals surface area contributed by atoms with Crippen LogP contribution in [0.2, 0.25) is 0 Å². The summed E-state index contributed by atoms with van der Waals surface area (Å²) in [5, 5.41) is 10.2. The normalized spacial score (nSPS) is 16.1. The van der Waals surface area contributed by atoms with E-state index >= 15 is 0 Å². The topological polar surface area (TPSA) is 76.2 Å². The zero-order valence-electron chi connectivity index (χ0n) is 15.5. The van der Waals surface area contributed by atoms with Crippen LogP contribution in [0.4, 0.5) is 19.3 Å². The fourth-order valence-corrected chi connectivity index (χ4v) is 4.74. The molecular formula is C17H23F2N5O2S. The molecule has 27 heavy (non-hydrogen) atoms. The van der Waals surface area contributed by atoms with Gasteiger partial charge in [0.1, 0.15) is 17.6 Å². The Morgan fingerprint density at radius 2 is 2.11 bits per heavy atom. The van der Waals surface area contributed by atoms with Crippen LogP contribution in [-0.4, -0.2) is 43.7 Å². The SMILES string of the molecule is Cn1cc(SC(C)(C)C2CCN(C(=O)Nc3cnoc3)CC2)c(C(F)F)n1. The molecule has 2 aromatic heterocycles. The van der Waals surface area contributed by atoms with Gasteiger partial charge in [-0.1, -0.05) is 19.0 Å². The first-order valence-electron chi connectivity index (χ1n) is 8.72. The maximum absolute atomic E-state index is 13.2. The zero-order valence-corrected chi connectivity index (χ0v) is 16.3. The quantitative estimate of drug-likeness (QED) is 0.764. The Labute approximate surface area is 160 Å². The molecule has 1 N–H and O–H groups in total. The summed E-state index contributed by atoms with van der Waals surface area (Å²) in [4.78, 5) is 14.5. The number of carbonyl (C=O) groups excluding carboxylic acids is 1. The van der Waals surface area contributed by atoms with Crippen molar-refractivity contribution in [1.82, 2.24) is 19.8 Å². The number of anilines is 1. The van der Waals surface area contributed by atoms with Crippen molar-refractivity contribution in [1.29, 1.82) is 0 Å². The highest BCUT2D eigenvalue weighted by atomic mass is 32.2. The molecule has 0 aliphatic carbocycles. The van der Waals surface area contributed by atoms with Gasteiger partial charge in [-0.05, 0) is 18.8 Å². The molecule has 0 spiro atoms. The summed E-state index contributed by atoms with van der Waals surface area (Å²) in [5.41, 5.74) is 0.357. The summed E-state index contributed by atoms with van der Waals surface area (Å²) in [6, 6.07) is -0.186. The van der Waals surface area contributed by atoms with Gasteiger partial charge in [-0.2, -0.15) is 5.10 Å². The zero-order chi connectivity index (χ0) is 19.6. The Balaban J connectivity index is 1.58. The van der Waals surface area contributed by atoms with Gasteiger partial charge in [0.05, 0.1) is 11.1 Å². The molecule has 0 aromatic carbocycles. The average molecular weight is 399 g/mol. The van der Waals surface area contributed by atoms with Gasteiger partial charge >= 0.3 is 6.03 Å². The standard InChI is InChI=1S/C17H23F2N5O2S/c1-17(2,27-13-9-23(3)22-14(13)15(18)19)11-4-6-24(7-5-11)16(25)21-12-8-20-26-10-12/h8-11,15H,4-7H2,1-3H3,(H,21,25). The Bertz CT molecular complexity index is 770. The van der Waals surface area contributed by atoms with E-state index in [1.807, 2.05) is 0 Å². The largest absolute Gasteiger partial charge is 0.363 e. The van der Waals surface area contributed by atoms with Crippen LogP contribution in [0.1, 0.15) is 38.8 Å². The number of hydrogen-bond donors (Lipinski definition) is 1. The first-order chi connectivity index (χ1) is 12.8. The lowest BCUT2D eigenvalue weighted by Crippen LogP contribution is -2.44. The van der Waals surface area contributed by atoms with Gasteiger partial charge in [-0.15, -0.1) is 11.8 Å². The van der Waals surface area contributed by atoms with E-state index in [9.17, 15) is 13.6 Å². The second-order valence-electron chi connectivity index (χ2n) is 7.16. The van der Waals surface area contributed by atoms with Crippen molar-refractivity contribution in [2.45, 2.75) is 42.8 Å². The van der Waals surface area contributed by atoms with Crippen LogP contribution in [-0.2, 0) is 7.05 Å². The molecule has 3 heterocycles. The average Bonchev–Trinajstić information content (AvgIpc) is 3.24. The number of rotatable bonds is 5. The molecule has 10 heteroatoms. The summed E-state index contributed by atoms with van der Waals surface area (Å²) in [6.07, 6.45) is 3.49. The number of piperidine rings is 1. The van der Waals surface area contributed by atoms with Crippen molar-refractivity contribution in [3.63, 3.8) is 0 Å². The molecular weight excluding hydrogens is 376 g/mol. The minimum atomic E-state index is -2.59. The molecule has 0 radical (unpaired) electrons. The number of aryl methyl sites for hydroxylation is 1. The molecule has 2 aromatic rings. The van der Waals surface area contributed by atoms with Gasteiger partial charge in [-0.25, -0.2) is 13.6 Å². The summed E-state index contributed by atoms with van der Waals surface area (Å²) in [5.74, 6) is 0.299. The fraction of sp³-hybridized carbons (Fsp3) is 0.588. The summed E-state index contributed by atoms with van der Waals surface area (Å²) >= 11 is 1.44. The van der Waals surface area contributed by atoms with Crippen molar-refractivity contribution >= 4 is 23.5 Å². The second kappa shape index (κ2) is 7.87. The number of amides is 2. The first-order valence-corrected chi connectivity index (χ1v) is 9.54. The molecule has 3 rings (SSSR count). The lowest BCUT2D eigenvalue weighted by Gasteiger charge is -2.40. The van der Waals surface area contributed by atoms with E-state index < -0.39 is 6.43 Å². The van der Waals surface area contributed by atoms with E-state index in [1.165, 1.54) is 28.9 Å². The highest BCUT2D eigenvalue weighted by molar-refractivity contribution is 8.00. The van der Waals surface area contributed by atoms with Gasteiger partial charge < -0.3 is 14.7 Å². The van der Waals surface area contributed by atoms with E-state index in [-0.39, 0.29) is 16.5 Å². The minimum Gasteiger partial charge on any atom is -0.363 e. The summed E-state index contributed by atoms with van der Waals surface area (Å²) in [7, 11) is 1.65. The number of thioether (sulfide) groups is 1. The van der Waals surface area contributed by atoms with Crippen molar-refractivity contribution in [3.05, 3.63) is 24.4 Å². The van der Waals surface area contributed by atoms with E-state index in [0.717, 1.165) is 12.8 Å². The molecule has 2 amide bonds. The molecule has 7 nitrogen and oxygen atoms in total. The highest BCUT2D eigenvalue weighted by Crippen LogP contribution is 2.44. The van der Waals surface area contributed by atoms with Crippen LogP contribution < -0.4 is 5.32 Å². The third-order valence-electron chi connectivity index (χ3n) is 4.85. The Morgan fingerprint density at radius 3 is 2.70 bits per heavy atom. The van der Waals surface area contributed by atoms with Gasteiger partial charge in [0.25, 0.3) is 6.43 Å². The molecule has 1 fully saturated rings. The maximum atomic E-state index is 13.2. The van der Waals surface area contributed by atoms with E-state index in [2.05, 4.69) is 29.4 Å². The summed E-state index contributed by atoms with van der Waals surface area (Å²) in [6.45, 7) is 5.36. The number of nitrogens with one attached hydrogen (secondary N) is 1. The monoisotopic (exact) mass is 399 g/mol. The van der Waals surface area contributed by atoms with Crippen LogP contribution in [0.15, 0.2) is 28.1 Å². The molecule has 1 aliphatic rings. The van der Waals surface area contributed by atoms with E-state index in [1.54, 1.807) is 18.1 Å². The fourth-order valence-electron chi connectivity index (χ4n) is 3.33. The molecule has 148 valence electrons. The number of halogens is 2. The minimum absolute atomic E-state index is 0.166. The van der Waals surface area contributed by atoms with Gasteiger partial charge in [0.2, 0.25) is 0 Å². The third-order valence-corrected chi connectivity index (χ3v) is 6.24. The van der Waals surface area contributed by atoms with Crippen molar-refractivity contribution in [2.75, 3.05) is 18.4 Å². The number of carbonyl (C=O) groups is 1. The van der Waals surface area contributed by atoms with E-state index in [4.69, 9.17) is 4.52 Å². The number of likely N-dealkylation sites (tertiary alicyclic amines) is 1. The number of urea groups is 1. The number of alkyl halides is 2. The number of hydrogen-bond acceptors (Lipinski definition) is 5. The first kappa shape index (κ1) is 19.7. The predicted octanol–water partition coefficient (Wildman–Crippen LogP) is 4.16. The lowest BCUT2D eigenvalue weighted by molar-refractivity contribution is 0.142. The summed E-state index contributed by atoms with van der Waals surface area (Å²) < 4.78 is 32.3. The van der Waals surface area contributed by atoms with Crippen LogP contribution in [0.5, 0.6) is 0 Å². The Hall–Kier alpha value is -2.10. The number of aromatic nitrogens is 3. The Morgan fingerprint density at radius 1 is 1.41 bits per heavy atom. The number of nitrogens with zero attached hydrogens (tertiary/aromatic N) is 4. The van der Waals surface area contributed by atoms with Crippen LogP contribution in [0.25, 0.3) is 0 Å². The lowest BCUT2D eigenvalue weighted by atomic mass is 9.86. The predicted molar refractivity (Wildman–Crippen MR) is 97.9 cm³/mol. The van der Waals surface area contributed by atoms with Crippen LogP contribution in [0, 0.1) is 5.92 Å². The van der Waals surface area contributed by atoms with E-state index in [0.29, 0.717) is 29.6 Å². The molecule has 0 bridgehead atoms. The van der Waals surface area contributed by atoms with Crippen molar-refractivity contribution < 1.29 is 18.1 Å². The molecule has 1 aliphatic heterocycles. The van der Waals surface area contributed by atoms with Crippen LogP contribution >= 0.6 is 11.8 Å². The smallest absolute Gasteiger partial charge is 0.321 e. The van der Waals surface area contributed by atoms with Gasteiger partial charge in [0.15, 0.2) is 0 Å². The van der Waals surface area contributed by atoms with Crippen molar-refractivity contribution in [2.24, 2.45) is 13.0 Å². The highest BCUT2D eigenvalue weighted by Gasteiger charge is 2.36. The third kappa shape index (κ3) is 4.60. The van der Waals surface area contributed by atoms with Crippen molar-refractivity contribution in [3.8, 4) is 0 Å². The second-order valence-corrected chi connectivity index (χ2v) is 8.86. The molecule has 0 saturated carbocycles. The molecule has 1 saturated heterocycles. The van der Waals surface area contributed by atoms with Gasteiger partial charge in [0, 0.05) is 31.1 Å².